The molecule has 0 fully saturated rings. The molecule has 0 saturated heterocycles. The first-order valence-electron chi connectivity index (χ1n) is 8.87. The molecule has 1 amide bonds. The fraction of sp³-hybridized carbons (Fsp3) is 0.143. The van der Waals surface area contributed by atoms with Gasteiger partial charge in [0.05, 0.1) is 6.42 Å². The third-order valence-electron chi connectivity index (χ3n) is 4.49. The van der Waals surface area contributed by atoms with E-state index >= 15 is 0 Å². The Bertz CT molecular complexity index is 1060. The van der Waals surface area contributed by atoms with Crippen LogP contribution in [0.25, 0.3) is 17.2 Å². The number of hydrogen-bond donors (Lipinski definition) is 0. The number of esters is 1. The maximum Gasteiger partial charge on any atom is 0.308 e. The highest BCUT2D eigenvalue weighted by molar-refractivity contribution is 6.30. The smallest absolute Gasteiger partial charge is 0.308 e. The van der Waals surface area contributed by atoms with Gasteiger partial charge in [-0.2, -0.15) is 0 Å². The largest absolute Gasteiger partial charge is 0.456 e. The molecule has 0 radical (unpaired) electrons. The molecule has 1 aliphatic heterocycles. The van der Waals surface area contributed by atoms with Crippen LogP contribution >= 0.6 is 11.6 Å². The van der Waals surface area contributed by atoms with Crippen molar-refractivity contribution in [3.63, 3.8) is 0 Å². The minimum absolute atomic E-state index is 0.0247. The number of carbonyl (C=O) groups excluding carboxylic acids is 2. The van der Waals surface area contributed by atoms with Gasteiger partial charge >= 0.3 is 5.97 Å². The van der Waals surface area contributed by atoms with Crippen LogP contribution in [0.3, 0.4) is 0 Å². The second kappa shape index (κ2) is 7.89. The maximum absolute atomic E-state index is 12.4. The highest BCUT2D eigenvalue weighted by Crippen LogP contribution is 2.31. The zero-order valence-corrected chi connectivity index (χ0v) is 16.1. The summed E-state index contributed by atoms with van der Waals surface area (Å²) in [6.07, 6.45) is 0.0247. The van der Waals surface area contributed by atoms with Gasteiger partial charge in [-0.1, -0.05) is 36.4 Å². The maximum atomic E-state index is 12.4. The Morgan fingerprint density at radius 2 is 1.83 bits per heavy atom. The molecular formula is C21H16ClN3O4. The van der Waals surface area contributed by atoms with Crippen molar-refractivity contribution in [1.29, 1.82) is 0 Å². The Kier molecular flexibility index (Phi) is 5.14. The van der Waals surface area contributed by atoms with Crippen LogP contribution in [-0.2, 0) is 16.1 Å². The van der Waals surface area contributed by atoms with Crippen molar-refractivity contribution in [3.05, 3.63) is 77.2 Å². The molecule has 0 bridgehead atoms. The summed E-state index contributed by atoms with van der Waals surface area (Å²) >= 11 is 5.86. The van der Waals surface area contributed by atoms with Crippen molar-refractivity contribution in [2.24, 2.45) is 0 Å². The highest BCUT2D eigenvalue weighted by Gasteiger charge is 2.30. The molecule has 0 spiro atoms. The van der Waals surface area contributed by atoms with Gasteiger partial charge in [-0.3, -0.25) is 9.59 Å². The molecule has 0 atom stereocenters. The Morgan fingerprint density at radius 3 is 2.55 bits per heavy atom. The number of carbonyl (C=O) groups is 2. The first-order valence-corrected chi connectivity index (χ1v) is 9.25. The molecule has 3 aromatic rings. The molecule has 0 unspecified atom stereocenters. The van der Waals surface area contributed by atoms with Gasteiger partial charge in [0.15, 0.2) is 6.61 Å². The van der Waals surface area contributed by atoms with Crippen molar-refractivity contribution in [2.45, 2.75) is 13.0 Å². The van der Waals surface area contributed by atoms with E-state index in [9.17, 15) is 9.59 Å². The summed E-state index contributed by atoms with van der Waals surface area (Å²) in [6.45, 7) is 3.99. The third kappa shape index (κ3) is 3.90. The number of amides is 1. The number of benzene rings is 2. The van der Waals surface area contributed by atoms with Gasteiger partial charge in [-0.15, -0.1) is 10.2 Å². The summed E-state index contributed by atoms with van der Waals surface area (Å²) in [7, 11) is 0. The summed E-state index contributed by atoms with van der Waals surface area (Å²) in [4.78, 5) is 26.0. The lowest BCUT2D eigenvalue weighted by Crippen LogP contribution is -2.26. The van der Waals surface area contributed by atoms with E-state index in [0.717, 1.165) is 5.56 Å². The predicted molar refractivity (Wildman–Crippen MR) is 106 cm³/mol. The van der Waals surface area contributed by atoms with E-state index < -0.39 is 5.97 Å². The van der Waals surface area contributed by atoms with E-state index in [1.807, 2.05) is 12.1 Å². The number of aromatic nitrogens is 2. The van der Waals surface area contributed by atoms with Gasteiger partial charge < -0.3 is 14.1 Å². The second-order valence-electron chi connectivity index (χ2n) is 6.37. The van der Waals surface area contributed by atoms with E-state index in [2.05, 4.69) is 16.8 Å². The molecule has 29 heavy (non-hydrogen) atoms. The van der Waals surface area contributed by atoms with Crippen LogP contribution in [0.2, 0.25) is 5.02 Å². The Hall–Kier alpha value is -3.45. The number of nitrogens with zero attached hydrogens (tertiary/aromatic N) is 3. The minimum Gasteiger partial charge on any atom is -0.456 e. The number of halogens is 1. The van der Waals surface area contributed by atoms with Crippen molar-refractivity contribution in [3.8, 4) is 11.5 Å². The van der Waals surface area contributed by atoms with Crippen LogP contribution in [0, 0.1) is 0 Å². The van der Waals surface area contributed by atoms with Crippen LogP contribution in [0.4, 0.5) is 0 Å². The molecule has 1 aliphatic rings. The Balaban J connectivity index is 1.30. The van der Waals surface area contributed by atoms with E-state index in [0.29, 0.717) is 27.7 Å². The zero-order chi connectivity index (χ0) is 20.4. The molecule has 4 rings (SSSR count). The topological polar surface area (TPSA) is 85.5 Å². The normalized spacial score (nSPS) is 12.9. The lowest BCUT2D eigenvalue weighted by Gasteiger charge is -2.16. The van der Waals surface area contributed by atoms with Crippen LogP contribution in [-0.4, -0.2) is 33.5 Å². The van der Waals surface area contributed by atoms with E-state index in [4.69, 9.17) is 20.8 Å². The minimum atomic E-state index is -0.479. The summed E-state index contributed by atoms with van der Waals surface area (Å²) in [5.41, 5.74) is 2.67. The molecular weight excluding hydrogens is 394 g/mol. The van der Waals surface area contributed by atoms with Gasteiger partial charge in [-0.25, -0.2) is 0 Å². The van der Waals surface area contributed by atoms with Crippen molar-refractivity contribution in [1.82, 2.24) is 15.1 Å². The van der Waals surface area contributed by atoms with E-state index in [-0.39, 0.29) is 31.4 Å². The van der Waals surface area contributed by atoms with Gasteiger partial charge in [0, 0.05) is 34.0 Å². The Labute approximate surface area is 171 Å². The van der Waals surface area contributed by atoms with Gasteiger partial charge in [-0.05, 0) is 30.3 Å². The Morgan fingerprint density at radius 1 is 1.10 bits per heavy atom. The molecule has 1 aromatic heterocycles. The molecule has 0 aliphatic carbocycles. The lowest BCUT2D eigenvalue weighted by molar-refractivity contribution is -0.145. The van der Waals surface area contributed by atoms with Crippen LogP contribution in [0.15, 0.2) is 59.5 Å². The first-order chi connectivity index (χ1) is 14.0. The SMILES string of the molecule is C=C1c2ccccc2C(=O)N1CCC(=O)OCc1nnc(-c2ccc(Cl)cc2)o1. The van der Waals surface area contributed by atoms with Crippen LogP contribution in [0.5, 0.6) is 0 Å². The van der Waals surface area contributed by atoms with Crippen molar-refractivity contribution < 1.29 is 18.7 Å². The standard InChI is InChI=1S/C21H16ClN3O4/c1-13-16-4-2-3-5-17(16)21(27)25(13)11-10-19(26)28-12-18-23-24-20(29-18)14-6-8-15(22)9-7-14/h2-9H,1,10-12H2. The second-order valence-corrected chi connectivity index (χ2v) is 6.80. The van der Waals surface area contributed by atoms with Crippen molar-refractivity contribution in [2.75, 3.05) is 6.54 Å². The monoisotopic (exact) mass is 409 g/mol. The quantitative estimate of drug-likeness (QED) is 0.573. The first kappa shape index (κ1) is 18.9. The number of hydrogen-bond acceptors (Lipinski definition) is 6. The molecule has 0 N–H and O–H groups in total. The van der Waals surface area contributed by atoms with Gasteiger partial charge in [0.2, 0.25) is 5.89 Å². The highest BCUT2D eigenvalue weighted by atomic mass is 35.5. The zero-order valence-electron chi connectivity index (χ0n) is 15.3. The average Bonchev–Trinajstić information content (AvgIpc) is 3.30. The fourth-order valence-corrected chi connectivity index (χ4v) is 3.14. The lowest BCUT2D eigenvalue weighted by atomic mass is 10.1. The van der Waals surface area contributed by atoms with Gasteiger partial charge in [0.25, 0.3) is 11.8 Å². The average molecular weight is 410 g/mol. The van der Waals surface area contributed by atoms with Crippen LogP contribution < -0.4 is 0 Å². The summed E-state index contributed by atoms with van der Waals surface area (Å²) in [5, 5.41) is 8.40. The molecule has 2 heterocycles. The summed E-state index contributed by atoms with van der Waals surface area (Å²) in [5.74, 6) is -0.155. The number of fused-ring (bicyclic) bond motifs is 1. The molecule has 0 saturated carbocycles. The predicted octanol–water partition coefficient (Wildman–Crippen LogP) is 3.95. The van der Waals surface area contributed by atoms with E-state index in [1.54, 1.807) is 36.4 Å². The van der Waals surface area contributed by atoms with Crippen molar-refractivity contribution >= 4 is 29.2 Å². The fourth-order valence-electron chi connectivity index (χ4n) is 3.01. The molecule has 8 heteroatoms. The van der Waals surface area contributed by atoms with E-state index in [1.165, 1.54) is 4.90 Å². The molecule has 7 nitrogen and oxygen atoms in total. The number of ether oxygens (including phenoxy) is 1. The molecule has 146 valence electrons. The summed E-state index contributed by atoms with van der Waals surface area (Å²) < 4.78 is 10.7. The molecule has 2 aromatic carbocycles. The van der Waals surface area contributed by atoms with Gasteiger partial charge in [0.1, 0.15) is 0 Å². The van der Waals surface area contributed by atoms with Crippen LogP contribution in [0.1, 0.15) is 28.2 Å². The third-order valence-corrected chi connectivity index (χ3v) is 4.75. The summed E-state index contributed by atoms with van der Waals surface area (Å²) in [6, 6.07) is 14.2. The number of rotatable bonds is 6.